The molecule has 0 spiro atoms. The number of hydrogen-bond acceptors (Lipinski definition) is 3. The fraction of sp³-hybridized carbons (Fsp3) is 0.929. The van der Waals surface area contributed by atoms with Gasteiger partial charge in [-0.25, -0.2) is 0 Å². The van der Waals surface area contributed by atoms with E-state index in [0.29, 0.717) is 12.1 Å². The highest BCUT2D eigenvalue weighted by Gasteiger charge is 2.36. The zero-order valence-electron chi connectivity index (χ0n) is 11.7. The van der Waals surface area contributed by atoms with Crippen LogP contribution in [0.15, 0.2) is 0 Å². The molecule has 2 aliphatic rings. The van der Waals surface area contributed by atoms with Gasteiger partial charge in [0.2, 0.25) is 5.91 Å². The lowest BCUT2D eigenvalue weighted by Crippen LogP contribution is -2.51. The Labute approximate surface area is 110 Å². The van der Waals surface area contributed by atoms with E-state index in [2.05, 4.69) is 22.5 Å². The van der Waals surface area contributed by atoms with Crippen molar-refractivity contribution in [2.75, 3.05) is 19.6 Å². The van der Waals surface area contributed by atoms with Gasteiger partial charge in [-0.2, -0.15) is 0 Å². The molecule has 0 aliphatic carbocycles. The van der Waals surface area contributed by atoms with Crippen molar-refractivity contribution >= 4 is 5.91 Å². The van der Waals surface area contributed by atoms with E-state index in [1.54, 1.807) is 0 Å². The summed E-state index contributed by atoms with van der Waals surface area (Å²) in [7, 11) is 0. The second kappa shape index (κ2) is 6.53. The average Bonchev–Trinajstić information content (AvgIpc) is 2.79. The minimum atomic E-state index is -0.0663. The highest BCUT2D eigenvalue weighted by atomic mass is 16.2. The number of nitrogens with zero attached hydrogens (tertiary/aromatic N) is 1. The third-order valence-corrected chi connectivity index (χ3v) is 4.26. The first kappa shape index (κ1) is 13.8. The van der Waals surface area contributed by atoms with E-state index < -0.39 is 0 Å². The number of amides is 1. The summed E-state index contributed by atoms with van der Waals surface area (Å²) in [6, 6.07) is 1.11. The third-order valence-electron chi connectivity index (χ3n) is 4.26. The molecule has 1 amide bonds. The number of carbonyl (C=O) groups is 1. The quantitative estimate of drug-likeness (QED) is 0.771. The van der Waals surface area contributed by atoms with Crippen molar-refractivity contribution in [3.8, 4) is 0 Å². The Balaban J connectivity index is 1.80. The van der Waals surface area contributed by atoms with E-state index in [9.17, 15) is 4.79 Å². The molecular formula is C14H27N3O. The standard InChI is InChI=1S/C14H27N3O/c1-3-8-15-14(18)11(2)16-12-7-10-17-9-5-4-6-13(12)17/h11-13,16H,3-10H2,1-2H3,(H,15,18). The molecule has 2 rings (SSSR count). The summed E-state index contributed by atoms with van der Waals surface area (Å²) in [5, 5.41) is 6.50. The van der Waals surface area contributed by atoms with Gasteiger partial charge in [0.05, 0.1) is 6.04 Å². The van der Waals surface area contributed by atoms with Crippen molar-refractivity contribution in [1.29, 1.82) is 0 Å². The van der Waals surface area contributed by atoms with Crippen LogP contribution in [0.25, 0.3) is 0 Å². The van der Waals surface area contributed by atoms with E-state index in [1.807, 2.05) is 6.92 Å². The predicted octanol–water partition coefficient (Wildman–Crippen LogP) is 1.12. The first-order valence-corrected chi connectivity index (χ1v) is 7.50. The minimum absolute atomic E-state index is 0.0663. The van der Waals surface area contributed by atoms with Crippen LogP contribution in [-0.4, -0.2) is 48.6 Å². The fourth-order valence-electron chi connectivity index (χ4n) is 3.24. The first-order valence-electron chi connectivity index (χ1n) is 7.50. The molecule has 3 atom stereocenters. The van der Waals surface area contributed by atoms with Crippen LogP contribution in [0, 0.1) is 0 Å². The van der Waals surface area contributed by atoms with Gasteiger partial charge in [-0.3, -0.25) is 9.69 Å². The molecule has 0 saturated carbocycles. The van der Waals surface area contributed by atoms with Crippen molar-refractivity contribution in [2.24, 2.45) is 0 Å². The zero-order valence-corrected chi connectivity index (χ0v) is 11.7. The number of rotatable bonds is 5. The average molecular weight is 253 g/mol. The van der Waals surface area contributed by atoms with Gasteiger partial charge in [0.25, 0.3) is 0 Å². The predicted molar refractivity (Wildman–Crippen MR) is 73.5 cm³/mol. The van der Waals surface area contributed by atoms with Crippen LogP contribution in [0.2, 0.25) is 0 Å². The Kier molecular flexibility index (Phi) is 5.01. The second-order valence-corrected chi connectivity index (χ2v) is 5.67. The van der Waals surface area contributed by atoms with Crippen molar-refractivity contribution in [3.63, 3.8) is 0 Å². The Morgan fingerprint density at radius 3 is 2.94 bits per heavy atom. The van der Waals surface area contributed by atoms with Gasteiger partial charge >= 0.3 is 0 Å². The van der Waals surface area contributed by atoms with Crippen molar-refractivity contribution in [3.05, 3.63) is 0 Å². The van der Waals surface area contributed by atoms with Gasteiger partial charge in [-0.05, 0) is 39.2 Å². The van der Waals surface area contributed by atoms with E-state index >= 15 is 0 Å². The van der Waals surface area contributed by atoms with Gasteiger partial charge in [0.1, 0.15) is 0 Å². The summed E-state index contributed by atoms with van der Waals surface area (Å²) in [4.78, 5) is 14.5. The lowest BCUT2D eigenvalue weighted by atomic mass is 9.98. The second-order valence-electron chi connectivity index (χ2n) is 5.67. The van der Waals surface area contributed by atoms with Crippen molar-refractivity contribution in [1.82, 2.24) is 15.5 Å². The third kappa shape index (κ3) is 3.23. The molecule has 0 radical (unpaired) electrons. The molecule has 3 unspecified atom stereocenters. The molecule has 2 fully saturated rings. The molecule has 2 aliphatic heterocycles. The minimum Gasteiger partial charge on any atom is -0.355 e. The molecule has 104 valence electrons. The Hall–Kier alpha value is -0.610. The highest BCUT2D eigenvalue weighted by molar-refractivity contribution is 5.81. The van der Waals surface area contributed by atoms with Crippen molar-refractivity contribution in [2.45, 2.75) is 64.1 Å². The fourth-order valence-corrected chi connectivity index (χ4v) is 3.24. The smallest absolute Gasteiger partial charge is 0.236 e. The number of piperidine rings is 1. The van der Waals surface area contributed by atoms with Crippen LogP contribution < -0.4 is 10.6 Å². The number of carbonyl (C=O) groups excluding carboxylic acids is 1. The summed E-state index contributed by atoms with van der Waals surface area (Å²) in [6.07, 6.45) is 6.17. The highest BCUT2D eigenvalue weighted by Crippen LogP contribution is 2.27. The molecule has 0 bridgehead atoms. The Morgan fingerprint density at radius 1 is 1.33 bits per heavy atom. The van der Waals surface area contributed by atoms with Crippen LogP contribution in [-0.2, 0) is 4.79 Å². The SMILES string of the molecule is CCCNC(=O)C(C)NC1CCN2CCCCC12. The molecule has 0 aromatic rings. The molecule has 4 nitrogen and oxygen atoms in total. The topological polar surface area (TPSA) is 44.4 Å². The number of fused-ring (bicyclic) bond motifs is 1. The van der Waals surface area contributed by atoms with Gasteiger partial charge in [0, 0.05) is 25.2 Å². The number of nitrogens with one attached hydrogen (secondary N) is 2. The van der Waals surface area contributed by atoms with E-state index in [0.717, 1.165) is 13.0 Å². The van der Waals surface area contributed by atoms with Gasteiger partial charge in [-0.1, -0.05) is 13.3 Å². The summed E-state index contributed by atoms with van der Waals surface area (Å²) in [5.41, 5.74) is 0. The van der Waals surface area contributed by atoms with Crippen LogP contribution in [0.3, 0.4) is 0 Å². The summed E-state index contributed by atoms with van der Waals surface area (Å²) in [6.45, 7) is 7.29. The van der Waals surface area contributed by atoms with Gasteiger partial charge in [0.15, 0.2) is 0 Å². The first-order chi connectivity index (χ1) is 8.72. The monoisotopic (exact) mass is 253 g/mol. The molecule has 0 aromatic carbocycles. The maximum absolute atomic E-state index is 11.9. The Bertz CT molecular complexity index is 282. The maximum Gasteiger partial charge on any atom is 0.236 e. The van der Waals surface area contributed by atoms with Crippen LogP contribution in [0.4, 0.5) is 0 Å². The van der Waals surface area contributed by atoms with E-state index in [-0.39, 0.29) is 11.9 Å². The lowest BCUT2D eigenvalue weighted by molar-refractivity contribution is -0.123. The van der Waals surface area contributed by atoms with Crippen molar-refractivity contribution < 1.29 is 4.79 Å². The molecule has 2 N–H and O–H groups in total. The summed E-state index contributed by atoms with van der Waals surface area (Å²) < 4.78 is 0. The van der Waals surface area contributed by atoms with Gasteiger partial charge in [-0.15, -0.1) is 0 Å². The normalized spacial score (nSPS) is 29.9. The molecule has 2 saturated heterocycles. The largest absolute Gasteiger partial charge is 0.355 e. The summed E-state index contributed by atoms with van der Waals surface area (Å²) >= 11 is 0. The van der Waals surface area contributed by atoms with Crippen LogP contribution >= 0.6 is 0 Å². The lowest BCUT2D eigenvalue weighted by Gasteiger charge is -2.33. The van der Waals surface area contributed by atoms with E-state index in [4.69, 9.17) is 0 Å². The number of hydrogen-bond donors (Lipinski definition) is 2. The van der Waals surface area contributed by atoms with Crippen LogP contribution in [0.1, 0.15) is 46.0 Å². The van der Waals surface area contributed by atoms with Crippen LogP contribution in [0.5, 0.6) is 0 Å². The molecule has 18 heavy (non-hydrogen) atoms. The maximum atomic E-state index is 11.9. The summed E-state index contributed by atoms with van der Waals surface area (Å²) in [5.74, 6) is 0.145. The Morgan fingerprint density at radius 2 is 2.17 bits per heavy atom. The van der Waals surface area contributed by atoms with Gasteiger partial charge < -0.3 is 10.6 Å². The molecule has 0 aromatic heterocycles. The molecule has 2 heterocycles. The molecule has 4 heteroatoms. The zero-order chi connectivity index (χ0) is 13.0. The van der Waals surface area contributed by atoms with E-state index in [1.165, 1.54) is 38.8 Å². The molecular weight excluding hydrogens is 226 g/mol.